The van der Waals surface area contributed by atoms with Crippen molar-refractivity contribution in [2.24, 2.45) is 0 Å². The van der Waals surface area contributed by atoms with Crippen LogP contribution in [-0.2, 0) is 9.47 Å². The molecule has 0 aliphatic carbocycles. The molecular formula is C9H16N2O2. The molecule has 0 amide bonds. The van der Waals surface area contributed by atoms with Crippen LogP contribution in [0, 0.1) is 0 Å². The molecule has 3 fully saturated rings. The molecule has 3 rings (SSSR count). The number of hydrogen-bond acceptors (Lipinski definition) is 4. The van der Waals surface area contributed by atoms with Crippen LogP contribution in [0.3, 0.4) is 0 Å². The Labute approximate surface area is 78.4 Å². The van der Waals surface area contributed by atoms with Crippen molar-refractivity contribution in [3.05, 3.63) is 0 Å². The van der Waals surface area contributed by atoms with Gasteiger partial charge in [-0.2, -0.15) is 0 Å². The minimum absolute atomic E-state index is 0.539. The van der Waals surface area contributed by atoms with E-state index in [1.807, 2.05) is 0 Å². The third kappa shape index (κ3) is 2.20. The maximum absolute atomic E-state index is 5.21. The maximum Gasteiger partial charge on any atom is 0.0936 e. The molecule has 0 bridgehead atoms. The van der Waals surface area contributed by atoms with Gasteiger partial charge in [0.25, 0.3) is 0 Å². The van der Waals surface area contributed by atoms with Crippen LogP contribution in [-0.4, -0.2) is 68.1 Å². The Morgan fingerprint density at radius 2 is 1.38 bits per heavy atom. The smallest absolute Gasteiger partial charge is 0.0936 e. The van der Waals surface area contributed by atoms with E-state index in [2.05, 4.69) is 9.80 Å². The van der Waals surface area contributed by atoms with Crippen molar-refractivity contribution in [2.75, 3.05) is 46.1 Å². The topological polar surface area (TPSA) is 31.5 Å². The molecule has 13 heavy (non-hydrogen) atoms. The second kappa shape index (κ2) is 3.20. The predicted molar refractivity (Wildman–Crippen MR) is 47.5 cm³/mol. The zero-order valence-electron chi connectivity index (χ0n) is 7.82. The Hall–Kier alpha value is -0.160. The minimum atomic E-state index is 0.539. The van der Waals surface area contributed by atoms with Crippen LogP contribution in [0.25, 0.3) is 0 Å². The Balaban J connectivity index is 1.41. The van der Waals surface area contributed by atoms with E-state index in [-0.39, 0.29) is 0 Å². The van der Waals surface area contributed by atoms with E-state index >= 15 is 0 Å². The van der Waals surface area contributed by atoms with Gasteiger partial charge in [-0.15, -0.1) is 0 Å². The second-order valence-electron chi connectivity index (χ2n) is 4.21. The standard InChI is InChI=1S/C9H16N2O2/c1-2-11(4-9-6-13-9)7-10(1)3-8-5-12-8/h8-9H,1-7H2. The van der Waals surface area contributed by atoms with E-state index in [0.717, 1.165) is 33.0 Å². The summed E-state index contributed by atoms with van der Waals surface area (Å²) in [7, 11) is 0. The lowest BCUT2D eigenvalue weighted by Gasteiger charge is -2.15. The molecule has 3 aliphatic rings. The fourth-order valence-electron chi connectivity index (χ4n) is 1.93. The largest absolute Gasteiger partial charge is 0.372 e. The van der Waals surface area contributed by atoms with Gasteiger partial charge in [0.1, 0.15) is 0 Å². The lowest BCUT2D eigenvalue weighted by Crippen LogP contribution is -2.30. The molecule has 0 aromatic heterocycles. The van der Waals surface area contributed by atoms with Crippen molar-refractivity contribution < 1.29 is 9.47 Å². The van der Waals surface area contributed by atoms with E-state index in [1.165, 1.54) is 13.1 Å². The van der Waals surface area contributed by atoms with Crippen LogP contribution in [0.4, 0.5) is 0 Å². The van der Waals surface area contributed by atoms with Crippen molar-refractivity contribution in [3.8, 4) is 0 Å². The summed E-state index contributed by atoms with van der Waals surface area (Å²) in [5.41, 5.74) is 0. The van der Waals surface area contributed by atoms with Gasteiger partial charge >= 0.3 is 0 Å². The lowest BCUT2D eigenvalue weighted by molar-refractivity contribution is 0.215. The van der Waals surface area contributed by atoms with Crippen molar-refractivity contribution >= 4 is 0 Å². The number of ether oxygens (including phenoxy) is 2. The van der Waals surface area contributed by atoms with Crippen LogP contribution in [0.2, 0.25) is 0 Å². The fraction of sp³-hybridized carbons (Fsp3) is 1.00. The van der Waals surface area contributed by atoms with E-state index < -0.39 is 0 Å². The molecule has 4 heteroatoms. The van der Waals surface area contributed by atoms with Gasteiger partial charge in [0.15, 0.2) is 0 Å². The molecule has 0 aromatic rings. The van der Waals surface area contributed by atoms with Crippen LogP contribution < -0.4 is 0 Å². The third-order valence-corrected chi connectivity index (χ3v) is 2.86. The second-order valence-corrected chi connectivity index (χ2v) is 4.21. The number of nitrogens with zero attached hydrogens (tertiary/aromatic N) is 2. The highest BCUT2D eigenvalue weighted by atomic mass is 16.6. The summed E-state index contributed by atoms with van der Waals surface area (Å²) in [5, 5.41) is 0. The van der Waals surface area contributed by atoms with Gasteiger partial charge in [0, 0.05) is 26.2 Å². The highest BCUT2D eigenvalue weighted by Gasteiger charge is 2.32. The van der Waals surface area contributed by atoms with Crippen molar-refractivity contribution in [2.45, 2.75) is 12.2 Å². The first-order valence-corrected chi connectivity index (χ1v) is 5.08. The van der Waals surface area contributed by atoms with Crippen molar-refractivity contribution in [1.29, 1.82) is 0 Å². The van der Waals surface area contributed by atoms with E-state index in [4.69, 9.17) is 9.47 Å². The molecule has 3 aliphatic heterocycles. The first-order valence-electron chi connectivity index (χ1n) is 5.08. The fourth-order valence-corrected chi connectivity index (χ4v) is 1.93. The highest BCUT2D eigenvalue weighted by Crippen LogP contribution is 2.16. The molecule has 4 nitrogen and oxygen atoms in total. The zero-order valence-corrected chi connectivity index (χ0v) is 7.82. The molecule has 0 saturated carbocycles. The third-order valence-electron chi connectivity index (χ3n) is 2.86. The summed E-state index contributed by atoms with van der Waals surface area (Å²) < 4.78 is 10.4. The molecule has 0 radical (unpaired) electrons. The summed E-state index contributed by atoms with van der Waals surface area (Å²) in [6.45, 7) is 7.72. The zero-order chi connectivity index (χ0) is 8.67. The molecule has 0 aromatic carbocycles. The first-order chi connectivity index (χ1) is 6.40. The Kier molecular flexibility index (Phi) is 2.01. The number of rotatable bonds is 4. The van der Waals surface area contributed by atoms with Crippen molar-refractivity contribution in [3.63, 3.8) is 0 Å². The molecule has 3 saturated heterocycles. The van der Waals surface area contributed by atoms with Crippen LogP contribution in [0.1, 0.15) is 0 Å². The maximum atomic E-state index is 5.21. The van der Waals surface area contributed by atoms with Gasteiger partial charge in [-0.25, -0.2) is 0 Å². The van der Waals surface area contributed by atoms with Gasteiger partial charge in [-0.1, -0.05) is 0 Å². The highest BCUT2D eigenvalue weighted by molar-refractivity contribution is 4.82. The van der Waals surface area contributed by atoms with E-state index in [1.54, 1.807) is 0 Å². The number of epoxide rings is 2. The summed E-state index contributed by atoms with van der Waals surface area (Å²) in [6.07, 6.45) is 1.08. The van der Waals surface area contributed by atoms with Gasteiger partial charge in [-0.3, -0.25) is 9.80 Å². The van der Waals surface area contributed by atoms with Crippen LogP contribution in [0.15, 0.2) is 0 Å². The average molecular weight is 184 g/mol. The molecule has 0 spiro atoms. The molecule has 3 heterocycles. The van der Waals surface area contributed by atoms with Crippen LogP contribution >= 0.6 is 0 Å². The van der Waals surface area contributed by atoms with Crippen molar-refractivity contribution in [1.82, 2.24) is 9.80 Å². The van der Waals surface area contributed by atoms with E-state index in [0.29, 0.717) is 12.2 Å². The minimum Gasteiger partial charge on any atom is -0.372 e. The quantitative estimate of drug-likeness (QED) is 0.544. The van der Waals surface area contributed by atoms with E-state index in [9.17, 15) is 0 Å². The molecule has 74 valence electrons. The molecule has 0 N–H and O–H groups in total. The van der Waals surface area contributed by atoms with Crippen LogP contribution in [0.5, 0.6) is 0 Å². The molecule has 2 atom stereocenters. The van der Waals surface area contributed by atoms with Gasteiger partial charge in [0.2, 0.25) is 0 Å². The Bertz CT molecular complexity index is 172. The first kappa shape index (κ1) is 8.17. The molecule has 2 unspecified atom stereocenters. The van der Waals surface area contributed by atoms with Gasteiger partial charge in [-0.05, 0) is 0 Å². The summed E-state index contributed by atoms with van der Waals surface area (Å²) in [6, 6.07) is 0. The summed E-state index contributed by atoms with van der Waals surface area (Å²) in [4.78, 5) is 4.94. The molecular weight excluding hydrogens is 168 g/mol. The Morgan fingerprint density at radius 3 is 1.77 bits per heavy atom. The van der Waals surface area contributed by atoms with Gasteiger partial charge in [0.05, 0.1) is 32.1 Å². The Morgan fingerprint density at radius 1 is 0.923 bits per heavy atom. The van der Waals surface area contributed by atoms with Gasteiger partial charge < -0.3 is 9.47 Å². The predicted octanol–water partition coefficient (Wildman–Crippen LogP) is -0.641. The summed E-state index contributed by atoms with van der Waals surface area (Å²) >= 11 is 0. The average Bonchev–Trinajstić information content (AvgIpc) is 2.96. The normalized spacial score (nSPS) is 39.7. The summed E-state index contributed by atoms with van der Waals surface area (Å²) in [5.74, 6) is 0. The SMILES string of the molecule is C1OC1CN1CCN(CC2CO2)C1. The number of hydrogen-bond donors (Lipinski definition) is 0. The lowest BCUT2D eigenvalue weighted by atomic mass is 10.4. The monoisotopic (exact) mass is 184 g/mol.